The maximum Gasteiger partial charge on any atom is 0.231 e. The molecule has 19 heavy (non-hydrogen) atoms. The molecule has 1 amide bonds. The summed E-state index contributed by atoms with van der Waals surface area (Å²) < 4.78 is 0. The highest BCUT2D eigenvalue weighted by Gasteiger charge is 2.36. The Morgan fingerprint density at radius 1 is 1.32 bits per heavy atom. The van der Waals surface area contributed by atoms with Crippen LogP contribution in [-0.2, 0) is 11.3 Å². The van der Waals surface area contributed by atoms with Gasteiger partial charge in [0.25, 0.3) is 0 Å². The summed E-state index contributed by atoms with van der Waals surface area (Å²) in [6.45, 7) is 6.97. The Morgan fingerprint density at radius 2 is 2.11 bits per heavy atom. The van der Waals surface area contributed by atoms with E-state index in [4.69, 9.17) is 0 Å². The van der Waals surface area contributed by atoms with Gasteiger partial charge in [0.05, 0.1) is 5.92 Å². The molecule has 1 saturated heterocycles. The van der Waals surface area contributed by atoms with E-state index in [9.17, 15) is 4.79 Å². The zero-order valence-electron chi connectivity index (χ0n) is 11.7. The molecule has 1 fully saturated rings. The second kappa shape index (κ2) is 4.97. The van der Waals surface area contributed by atoms with Crippen LogP contribution in [0.4, 0.5) is 0 Å². The first-order valence-corrected chi connectivity index (χ1v) is 7.26. The molecule has 0 radical (unpaired) electrons. The molecule has 1 aromatic carbocycles. The summed E-state index contributed by atoms with van der Waals surface area (Å²) in [6.07, 6.45) is 1.13. The van der Waals surface area contributed by atoms with Crippen molar-refractivity contribution in [3.05, 3.63) is 35.4 Å². The maximum absolute atomic E-state index is 12.8. The minimum Gasteiger partial charge on any atom is -0.339 e. The molecule has 0 spiro atoms. The van der Waals surface area contributed by atoms with Gasteiger partial charge in [0.15, 0.2) is 0 Å². The van der Waals surface area contributed by atoms with Crippen molar-refractivity contribution in [1.29, 1.82) is 0 Å². The smallest absolute Gasteiger partial charge is 0.231 e. The molecule has 0 bridgehead atoms. The molecule has 3 nitrogen and oxygen atoms in total. The fourth-order valence-electron chi connectivity index (χ4n) is 3.52. The Morgan fingerprint density at radius 3 is 2.84 bits per heavy atom. The van der Waals surface area contributed by atoms with E-state index in [1.54, 1.807) is 0 Å². The normalized spacial score (nSPS) is 30.2. The molecule has 0 aromatic heterocycles. The Hall–Kier alpha value is -1.35. The molecule has 1 N–H and O–H groups in total. The van der Waals surface area contributed by atoms with Crippen molar-refractivity contribution in [2.24, 2.45) is 5.92 Å². The summed E-state index contributed by atoms with van der Waals surface area (Å²) in [4.78, 5) is 14.9. The van der Waals surface area contributed by atoms with Gasteiger partial charge in [-0.25, -0.2) is 0 Å². The van der Waals surface area contributed by atoms with E-state index in [2.05, 4.69) is 36.2 Å². The van der Waals surface area contributed by atoms with Crippen LogP contribution in [0, 0.1) is 5.92 Å². The van der Waals surface area contributed by atoms with Crippen LogP contribution in [-0.4, -0.2) is 29.9 Å². The topological polar surface area (TPSA) is 32.3 Å². The third-order valence-corrected chi connectivity index (χ3v) is 4.46. The van der Waals surface area contributed by atoms with Gasteiger partial charge in [0.2, 0.25) is 5.91 Å². The number of carbonyl (C=O) groups excluding carboxylic acids is 1. The lowest BCUT2D eigenvalue weighted by molar-refractivity contribution is -0.133. The number of hydrogen-bond acceptors (Lipinski definition) is 2. The average Bonchev–Trinajstić information content (AvgIpc) is 2.76. The molecule has 1 aromatic rings. The van der Waals surface area contributed by atoms with Crippen LogP contribution in [0.3, 0.4) is 0 Å². The first-order chi connectivity index (χ1) is 9.16. The summed E-state index contributed by atoms with van der Waals surface area (Å²) in [5.74, 6) is 0.931. The van der Waals surface area contributed by atoms with Crippen molar-refractivity contribution in [3.8, 4) is 0 Å². The molecule has 3 heteroatoms. The van der Waals surface area contributed by atoms with Crippen LogP contribution in [0.2, 0.25) is 0 Å². The van der Waals surface area contributed by atoms with Crippen LogP contribution in [0.1, 0.15) is 37.3 Å². The highest BCUT2D eigenvalue weighted by molar-refractivity contribution is 5.85. The number of carbonyl (C=O) groups is 1. The Bertz CT molecular complexity index is 485. The second-order valence-corrected chi connectivity index (χ2v) is 6.06. The van der Waals surface area contributed by atoms with Crippen molar-refractivity contribution in [2.45, 2.75) is 38.8 Å². The number of hydrogen-bond donors (Lipinski definition) is 1. The first kappa shape index (κ1) is 12.7. The Labute approximate surface area is 115 Å². The van der Waals surface area contributed by atoms with Crippen LogP contribution >= 0.6 is 0 Å². The van der Waals surface area contributed by atoms with Crippen molar-refractivity contribution < 1.29 is 4.79 Å². The minimum absolute atomic E-state index is 0.00213. The van der Waals surface area contributed by atoms with Gasteiger partial charge in [-0.05, 0) is 30.4 Å². The molecule has 0 aliphatic carbocycles. The number of fused-ring (bicyclic) bond motifs is 1. The van der Waals surface area contributed by atoms with E-state index in [-0.39, 0.29) is 5.92 Å². The van der Waals surface area contributed by atoms with E-state index in [1.807, 2.05) is 12.1 Å². The lowest BCUT2D eigenvalue weighted by atomic mass is 9.89. The van der Waals surface area contributed by atoms with Crippen LogP contribution in [0.25, 0.3) is 0 Å². The van der Waals surface area contributed by atoms with Crippen molar-refractivity contribution in [1.82, 2.24) is 10.2 Å². The van der Waals surface area contributed by atoms with E-state index in [0.29, 0.717) is 17.9 Å². The third kappa shape index (κ3) is 2.27. The van der Waals surface area contributed by atoms with Gasteiger partial charge in [-0.15, -0.1) is 0 Å². The summed E-state index contributed by atoms with van der Waals surface area (Å²) in [6, 6.07) is 8.71. The van der Waals surface area contributed by atoms with E-state index < -0.39 is 0 Å². The number of nitrogens with zero attached hydrogens (tertiary/aromatic N) is 1. The van der Waals surface area contributed by atoms with E-state index in [0.717, 1.165) is 26.1 Å². The number of amides is 1. The number of nitrogens with one attached hydrogen (secondary N) is 1. The zero-order valence-corrected chi connectivity index (χ0v) is 11.7. The molecular weight excluding hydrogens is 236 g/mol. The van der Waals surface area contributed by atoms with E-state index >= 15 is 0 Å². The van der Waals surface area contributed by atoms with Gasteiger partial charge in [0.1, 0.15) is 0 Å². The largest absolute Gasteiger partial charge is 0.339 e. The lowest BCUT2D eigenvalue weighted by Crippen LogP contribution is -2.43. The summed E-state index contributed by atoms with van der Waals surface area (Å²) >= 11 is 0. The molecule has 102 valence electrons. The SMILES string of the molecule is CC1CC(C)N(C(=O)C2CNCc3ccccc32)C1. The fourth-order valence-corrected chi connectivity index (χ4v) is 3.52. The summed E-state index contributed by atoms with van der Waals surface area (Å²) in [7, 11) is 0. The minimum atomic E-state index is -0.00213. The molecule has 0 saturated carbocycles. The van der Waals surface area contributed by atoms with Crippen LogP contribution in [0.5, 0.6) is 0 Å². The standard InChI is InChI=1S/C16H22N2O/c1-11-7-12(2)18(10-11)16(19)15-9-17-8-13-5-3-4-6-14(13)15/h3-6,11-12,15,17H,7-10H2,1-2H3. The van der Waals surface area contributed by atoms with Gasteiger partial charge in [-0.1, -0.05) is 31.2 Å². The first-order valence-electron chi connectivity index (χ1n) is 7.26. The van der Waals surface area contributed by atoms with Gasteiger partial charge in [-0.2, -0.15) is 0 Å². The Balaban J connectivity index is 1.85. The molecule has 3 atom stereocenters. The number of benzene rings is 1. The molecule has 2 aliphatic rings. The van der Waals surface area contributed by atoms with Crippen molar-refractivity contribution in [3.63, 3.8) is 0 Å². The quantitative estimate of drug-likeness (QED) is 0.837. The fraction of sp³-hybridized carbons (Fsp3) is 0.562. The summed E-state index contributed by atoms with van der Waals surface area (Å²) in [5, 5.41) is 3.37. The molecule has 2 heterocycles. The molecule has 2 aliphatic heterocycles. The van der Waals surface area contributed by atoms with E-state index in [1.165, 1.54) is 11.1 Å². The number of rotatable bonds is 1. The maximum atomic E-state index is 12.8. The monoisotopic (exact) mass is 258 g/mol. The molecule has 3 unspecified atom stereocenters. The molecule has 3 rings (SSSR count). The van der Waals surface area contributed by atoms with Crippen LogP contribution < -0.4 is 5.32 Å². The third-order valence-electron chi connectivity index (χ3n) is 4.46. The Kier molecular flexibility index (Phi) is 3.31. The molecular formula is C16H22N2O. The predicted molar refractivity (Wildman–Crippen MR) is 75.8 cm³/mol. The predicted octanol–water partition coefficient (Wildman–Crippen LogP) is 2.13. The van der Waals surface area contributed by atoms with Gasteiger partial charge in [0, 0.05) is 25.7 Å². The van der Waals surface area contributed by atoms with Crippen molar-refractivity contribution in [2.75, 3.05) is 13.1 Å². The highest BCUT2D eigenvalue weighted by Crippen LogP contribution is 2.30. The lowest BCUT2D eigenvalue weighted by Gasteiger charge is -2.31. The average molecular weight is 258 g/mol. The van der Waals surface area contributed by atoms with Crippen LogP contribution in [0.15, 0.2) is 24.3 Å². The number of likely N-dealkylation sites (tertiary alicyclic amines) is 1. The summed E-state index contributed by atoms with van der Waals surface area (Å²) in [5.41, 5.74) is 2.49. The van der Waals surface area contributed by atoms with Crippen molar-refractivity contribution >= 4 is 5.91 Å². The van der Waals surface area contributed by atoms with Gasteiger partial charge < -0.3 is 10.2 Å². The van der Waals surface area contributed by atoms with Gasteiger partial charge in [-0.3, -0.25) is 4.79 Å². The zero-order chi connectivity index (χ0) is 13.4. The highest BCUT2D eigenvalue weighted by atomic mass is 16.2. The van der Waals surface area contributed by atoms with Gasteiger partial charge >= 0.3 is 0 Å². The second-order valence-electron chi connectivity index (χ2n) is 6.06.